The number of alkyl halides is 3. The van der Waals surface area contributed by atoms with Crippen LogP contribution in [0.1, 0.15) is 5.82 Å². The topological polar surface area (TPSA) is 59.9 Å². The second-order valence-corrected chi connectivity index (χ2v) is 7.64. The van der Waals surface area contributed by atoms with Crippen LogP contribution in [0.3, 0.4) is 0 Å². The number of hydrogen-bond donors (Lipinski definition) is 0. The van der Waals surface area contributed by atoms with Crippen molar-refractivity contribution in [1.29, 1.82) is 0 Å². The highest BCUT2D eigenvalue weighted by molar-refractivity contribution is 8.01. The van der Waals surface area contributed by atoms with Gasteiger partial charge in [-0.05, 0) is 42.7 Å². The summed E-state index contributed by atoms with van der Waals surface area (Å²) in [6.45, 7) is 1.72. The summed E-state index contributed by atoms with van der Waals surface area (Å²) in [6.07, 6.45) is 0. The lowest BCUT2D eigenvalue weighted by atomic mass is 10.4. The molecule has 0 radical (unpaired) electrons. The van der Waals surface area contributed by atoms with Gasteiger partial charge in [0.25, 0.3) is 9.84 Å². The third-order valence-electron chi connectivity index (χ3n) is 2.15. The zero-order chi connectivity index (χ0) is 15.0. The molecule has 108 valence electrons. The molecule has 1 heterocycles. The molecule has 0 unspecified atom stereocenters. The van der Waals surface area contributed by atoms with E-state index in [1.165, 1.54) is 23.9 Å². The van der Waals surface area contributed by atoms with Crippen LogP contribution >= 0.6 is 23.3 Å². The fourth-order valence-electron chi connectivity index (χ4n) is 1.24. The van der Waals surface area contributed by atoms with E-state index in [2.05, 4.69) is 9.36 Å². The van der Waals surface area contributed by atoms with E-state index < -0.39 is 20.2 Å². The molecule has 0 bridgehead atoms. The number of benzene rings is 1. The van der Waals surface area contributed by atoms with E-state index in [0.29, 0.717) is 15.1 Å². The van der Waals surface area contributed by atoms with Crippen LogP contribution in [0.5, 0.6) is 0 Å². The van der Waals surface area contributed by atoms with Crippen LogP contribution in [-0.2, 0) is 9.84 Å². The highest BCUT2D eigenvalue weighted by Crippen LogP contribution is 2.33. The Labute approximate surface area is 121 Å². The Morgan fingerprint density at radius 3 is 2.25 bits per heavy atom. The zero-order valence-corrected chi connectivity index (χ0v) is 12.3. The molecule has 1 aromatic carbocycles. The van der Waals surface area contributed by atoms with Crippen molar-refractivity contribution in [2.45, 2.75) is 26.6 Å². The van der Waals surface area contributed by atoms with Crippen LogP contribution in [0.4, 0.5) is 13.2 Å². The quantitative estimate of drug-likeness (QED) is 0.858. The number of aromatic nitrogens is 2. The number of sulfone groups is 1. The van der Waals surface area contributed by atoms with Crippen LogP contribution in [0.15, 0.2) is 38.4 Å². The van der Waals surface area contributed by atoms with Gasteiger partial charge in [-0.1, -0.05) is 11.8 Å². The Hall–Kier alpha value is -1.13. The Balaban J connectivity index is 2.23. The molecule has 0 saturated heterocycles. The van der Waals surface area contributed by atoms with Gasteiger partial charge < -0.3 is 0 Å². The minimum atomic E-state index is -5.30. The van der Waals surface area contributed by atoms with Crippen molar-refractivity contribution in [3.63, 3.8) is 0 Å². The summed E-state index contributed by atoms with van der Waals surface area (Å²) in [6, 6.07) is 4.47. The predicted octanol–water partition coefficient (Wildman–Crippen LogP) is 3.29. The third kappa shape index (κ3) is 3.13. The van der Waals surface area contributed by atoms with Crippen molar-refractivity contribution < 1.29 is 21.6 Å². The predicted molar refractivity (Wildman–Crippen MR) is 68.5 cm³/mol. The zero-order valence-electron chi connectivity index (χ0n) is 9.88. The molecule has 2 aromatic rings. The van der Waals surface area contributed by atoms with Gasteiger partial charge in [-0.25, -0.2) is 13.4 Å². The van der Waals surface area contributed by atoms with Gasteiger partial charge in [-0.15, -0.1) is 0 Å². The van der Waals surface area contributed by atoms with Gasteiger partial charge in [0.15, 0.2) is 4.34 Å². The average Bonchev–Trinajstić information content (AvgIpc) is 2.74. The summed E-state index contributed by atoms with van der Waals surface area (Å²) in [7, 11) is -5.30. The van der Waals surface area contributed by atoms with E-state index in [1.807, 2.05) is 0 Å². The molecule has 2 rings (SSSR count). The monoisotopic (exact) mass is 340 g/mol. The molecule has 0 aliphatic heterocycles. The van der Waals surface area contributed by atoms with Crippen molar-refractivity contribution in [1.82, 2.24) is 9.36 Å². The van der Waals surface area contributed by atoms with Crippen LogP contribution in [0.25, 0.3) is 0 Å². The van der Waals surface area contributed by atoms with Gasteiger partial charge >= 0.3 is 5.51 Å². The van der Waals surface area contributed by atoms with Crippen molar-refractivity contribution >= 4 is 33.1 Å². The lowest BCUT2D eigenvalue weighted by molar-refractivity contribution is -0.0436. The molecule has 0 N–H and O–H groups in total. The number of hydrogen-bond acceptors (Lipinski definition) is 6. The van der Waals surface area contributed by atoms with Gasteiger partial charge in [-0.2, -0.15) is 17.5 Å². The number of halogens is 3. The standard InChI is InChI=1S/C10H7F3N2O2S3/c1-6-14-9(19-15-6)18-7-2-4-8(5-3-7)20(16,17)10(11,12)13/h2-5H,1H3. The van der Waals surface area contributed by atoms with Crippen molar-refractivity contribution in [2.24, 2.45) is 0 Å². The van der Waals surface area contributed by atoms with E-state index >= 15 is 0 Å². The summed E-state index contributed by atoms with van der Waals surface area (Å²) in [5, 5.41) is 0. The number of nitrogens with zero attached hydrogens (tertiary/aromatic N) is 2. The molecule has 0 fully saturated rings. The Morgan fingerprint density at radius 2 is 1.80 bits per heavy atom. The second kappa shape index (κ2) is 5.34. The van der Waals surface area contributed by atoms with Gasteiger partial charge in [0.2, 0.25) is 0 Å². The second-order valence-electron chi connectivity index (χ2n) is 3.63. The summed E-state index contributed by atoms with van der Waals surface area (Å²) >= 11 is 2.37. The SMILES string of the molecule is Cc1nsc(Sc2ccc(S(=O)(=O)C(F)(F)F)cc2)n1. The molecule has 0 aliphatic rings. The fourth-order valence-corrected chi connectivity index (χ4v) is 3.63. The Bertz CT molecular complexity index is 708. The van der Waals surface area contributed by atoms with Crippen molar-refractivity contribution in [3.05, 3.63) is 30.1 Å². The molecule has 0 aliphatic carbocycles. The van der Waals surface area contributed by atoms with Crippen LogP contribution < -0.4 is 0 Å². The highest BCUT2D eigenvalue weighted by Gasteiger charge is 2.46. The largest absolute Gasteiger partial charge is 0.501 e. The lowest BCUT2D eigenvalue weighted by Gasteiger charge is -2.08. The van der Waals surface area contributed by atoms with E-state index in [4.69, 9.17) is 0 Å². The average molecular weight is 340 g/mol. The first-order valence-corrected chi connectivity index (χ1v) is 8.17. The third-order valence-corrected chi connectivity index (χ3v) is 5.51. The first-order chi connectivity index (χ1) is 9.20. The molecule has 20 heavy (non-hydrogen) atoms. The maximum Gasteiger partial charge on any atom is 0.501 e. The van der Waals surface area contributed by atoms with E-state index in [9.17, 15) is 21.6 Å². The van der Waals surface area contributed by atoms with E-state index in [1.54, 1.807) is 6.92 Å². The molecular formula is C10H7F3N2O2S3. The molecule has 10 heteroatoms. The molecule has 1 aromatic heterocycles. The summed E-state index contributed by atoms with van der Waals surface area (Å²) in [4.78, 5) is 3.90. The summed E-state index contributed by atoms with van der Waals surface area (Å²) in [5.74, 6) is 0.605. The highest BCUT2D eigenvalue weighted by atomic mass is 32.2. The number of rotatable bonds is 3. The maximum absolute atomic E-state index is 12.4. The van der Waals surface area contributed by atoms with Crippen molar-refractivity contribution in [3.8, 4) is 0 Å². The summed E-state index contributed by atoms with van der Waals surface area (Å²) in [5.41, 5.74) is -5.29. The van der Waals surface area contributed by atoms with Crippen LogP contribution in [0, 0.1) is 6.92 Å². The Kier molecular flexibility index (Phi) is 4.07. The maximum atomic E-state index is 12.4. The smallest absolute Gasteiger partial charge is 0.214 e. The van der Waals surface area contributed by atoms with Crippen LogP contribution in [-0.4, -0.2) is 23.3 Å². The minimum absolute atomic E-state index is 0.585. The van der Waals surface area contributed by atoms with Gasteiger partial charge in [0.1, 0.15) is 5.82 Å². The van der Waals surface area contributed by atoms with Gasteiger partial charge in [0.05, 0.1) is 4.90 Å². The molecule has 0 amide bonds. The normalized spacial score (nSPS) is 12.6. The van der Waals surface area contributed by atoms with Gasteiger partial charge in [-0.3, -0.25) is 0 Å². The molecular weight excluding hydrogens is 333 g/mol. The first kappa shape index (κ1) is 15.3. The van der Waals surface area contributed by atoms with E-state index in [0.717, 1.165) is 23.7 Å². The van der Waals surface area contributed by atoms with Crippen LogP contribution in [0.2, 0.25) is 0 Å². The van der Waals surface area contributed by atoms with Crippen molar-refractivity contribution in [2.75, 3.05) is 0 Å². The fraction of sp³-hybridized carbons (Fsp3) is 0.200. The molecule has 4 nitrogen and oxygen atoms in total. The van der Waals surface area contributed by atoms with E-state index in [-0.39, 0.29) is 0 Å². The lowest BCUT2D eigenvalue weighted by Crippen LogP contribution is -2.23. The summed E-state index contributed by atoms with van der Waals surface area (Å²) < 4.78 is 64.0. The molecule has 0 atom stereocenters. The number of aryl methyl sites for hydroxylation is 1. The minimum Gasteiger partial charge on any atom is -0.214 e. The molecule has 0 saturated carbocycles. The molecule has 0 spiro atoms. The van der Waals surface area contributed by atoms with Gasteiger partial charge in [0, 0.05) is 4.90 Å². The Morgan fingerprint density at radius 1 is 1.20 bits per heavy atom. The first-order valence-electron chi connectivity index (χ1n) is 5.10.